The molecule has 0 radical (unpaired) electrons. The van der Waals surface area contributed by atoms with Crippen LogP contribution in [0.2, 0.25) is 0 Å². The first kappa shape index (κ1) is 16.1. The average molecular weight is 324 g/mol. The molecule has 0 saturated carbocycles. The van der Waals surface area contributed by atoms with E-state index in [0.717, 1.165) is 18.4 Å². The highest BCUT2D eigenvalue weighted by atomic mass is 16.5. The Balaban J connectivity index is 1.88. The normalized spacial score (nSPS) is 10.8. The van der Waals surface area contributed by atoms with Gasteiger partial charge in [-0.3, -0.25) is 4.79 Å². The SMILES string of the molecule is CCCCOc1ccc2c(=O)c(Oc3cccc(C)c3)coc2c1. The van der Waals surface area contributed by atoms with Crippen molar-refractivity contribution in [3.05, 3.63) is 64.5 Å². The van der Waals surface area contributed by atoms with Crippen LogP contribution in [0.4, 0.5) is 0 Å². The molecule has 124 valence electrons. The minimum Gasteiger partial charge on any atom is -0.493 e. The smallest absolute Gasteiger partial charge is 0.235 e. The second kappa shape index (κ2) is 7.21. The molecule has 0 fully saturated rings. The van der Waals surface area contributed by atoms with E-state index in [9.17, 15) is 4.79 Å². The molecule has 2 aromatic carbocycles. The molecule has 1 heterocycles. The molecule has 0 unspecified atom stereocenters. The molecule has 0 aliphatic rings. The Morgan fingerprint density at radius 1 is 1.08 bits per heavy atom. The highest BCUT2D eigenvalue weighted by Crippen LogP contribution is 2.24. The van der Waals surface area contributed by atoms with Gasteiger partial charge in [0.25, 0.3) is 0 Å². The Morgan fingerprint density at radius 2 is 1.96 bits per heavy atom. The minimum absolute atomic E-state index is 0.174. The van der Waals surface area contributed by atoms with E-state index >= 15 is 0 Å². The number of unbranched alkanes of at least 4 members (excludes halogenated alkanes) is 1. The molecule has 0 saturated heterocycles. The van der Waals surface area contributed by atoms with E-state index in [4.69, 9.17) is 13.9 Å². The van der Waals surface area contributed by atoms with Crippen molar-refractivity contribution in [2.45, 2.75) is 26.7 Å². The van der Waals surface area contributed by atoms with Crippen LogP contribution in [0.15, 0.2) is 57.9 Å². The summed E-state index contributed by atoms with van der Waals surface area (Å²) in [4.78, 5) is 12.6. The lowest BCUT2D eigenvalue weighted by atomic mass is 10.2. The molecular formula is C20H20O4. The molecule has 0 aliphatic heterocycles. The highest BCUT2D eigenvalue weighted by Gasteiger charge is 2.10. The zero-order valence-electron chi connectivity index (χ0n) is 13.9. The molecule has 0 bridgehead atoms. The maximum atomic E-state index is 12.6. The molecule has 0 spiro atoms. The maximum absolute atomic E-state index is 12.6. The molecule has 1 aromatic heterocycles. The van der Waals surface area contributed by atoms with E-state index in [-0.39, 0.29) is 11.2 Å². The second-order valence-corrected chi connectivity index (χ2v) is 5.71. The fourth-order valence-electron chi connectivity index (χ4n) is 2.39. The van der Waals surface area contributed by atoms with Gasteiger partial charge < -0.3 is 13.9 Å². The third kappa shape index (κ3) is 3.59. The minimum atomic E-state index is -0.196. The number of rotatable bonds is 6. The summed E-state index contributed by atoms with van der Waals surface area (Å²) in [7, 11) is 0. The highest BCUT2D eigenvalue weighted by molar-refractivity contribution is 5.79. The van der Waals surface area contributed by atoms with Crippen molar-refractivity contribution in [1.29, 1.82) is 0 Å². The standard InChI is InChI=1S/C20H20O4/c1-3-4-10-22-15-8-9-17-18(12-15)23-13-19(20(17)21)24-16-7-5-6-14(2)11-16/h5-9,11-13H,3-4,10H2,1-2H3. The Hall–Kier alpha value is -2.75. The van der Waals surface area contributed by atoms with E-state index < -0.39 is 0 Å². The van der Waals surface area contributed by atoms with Crippen LogP contribution in [-0.4, -0.2) is 6.61 Å². The van der Waals surface area contributed by atoms with Crippen molar-refractivity contribution in [3.63, 3.8) is 0 Å². The molecule has 24 heavy (non-hydrogen) atoms. The maximum Gasteiger partial charge on any atom is 0.235 e. The molecule has 4 heteroatoms. The lowest BCUT2D eigenvalue weighted by molar-refractivity contribution is 0.309. The summed E-state index contributed by atoms with van der Waals surface area (Å²) in [6, 6.07) is 12.8. The van der Waals surface area contributed by atoms with Crippen LogP contribution in [0.1, 0.15) is 25.3 Å². The summed E-state index contributed by atoms with van der Waals surface area (Å²) >= 11 is 0. The lowest BCUT2D eigenvalue weighted by Gasteiger charge is -2.08. The quantitative estimate of drug-likeness (QED) is 0.594. The third-order valence-electron chi connectivity index (χ3n) is 3.70. The Kier molecular flexibility index (Phi) is 4.85. The fourth-order valence-corrected chi connectivity index (χ4v) is 2.39. The van der Waals surface area contributed by atoms with Crippen LogP contribution in [0.25, 0.3) is 11.0 Å². The fraction of sp³-hybridized carbons (Fsp3) is 0.250. The number of hydrogen-bond donors (Lipinski definition) is 0. The summed E-state index contributed by atoms with van der Waals surface area (Å²) in [5, 5.41) is 0.475. The number of fused-ring (bicyclic) bond motifs is 1. The molecule has 0 amide bonds. The first-order valence-electron chi connectivity index (χ1n) is 8.10. The lowest BCUT2D eigenvalue weighted by Crippen LogP contribution is -2.05. The zero-order chi connectivity index (χ0) is 16.9. The number of benzene rings is 2. The first-order chi connectivity index (χ1) is 11.7. The molecular weight excluding hydrogens is 304 g/mol. The third-order valence-corrected chi connectivity index (χ3v) is 3.70. The molecule has 0 atom stereocenters. The van der Waals surface area contributed by atoms with E-state index in [2.05, 4.69) is 6.92 Å². The molecule has 4 nitrogen and oxygen atoms in total. The monoisotopic (exact) mass is 324 g/mol. The Labute approximate surface area is 140 Å². The second-order valence-electron chi connectivity index (χ2n) is 5.71. The van der Waals surface area contributed by atoms with Gasteiger partial charge in [-0.2, -0.15) is 0 Å². The van der Waals surface area contributed by atoms with E-state index in [1.165, 1.54) is 6.26 Å². The van der Waals surface area contributed by atoms with Crippen LogP contribution in [0, 0.1) is 6.92 Å². The first-order valence-corrected chi connectivity index (χ1v) is 8.10. The van der Waals surface area contributed by atoms with Gasteiger partial charge in [-0.15, -0.1) is 0 Å². The van der Waals surface area contributed by atoms with Crippen molar-refractivity contribution in [1.82, 2.24) is 0 Å². The van der Waals surface area contributed by atoms with Crippen molar-refractivity contribution >= 4 is 11.0 Å². The van der Waals surface area contributed by atoms with Gasteiger partial charge in [-0.25, -0.2) is 0 Å². The molecule has 3 rings (SSSR count). The summed E-state index contributed by atoms with van der Waals surface area (Å²) in [5.41, 5.74) is 1.36. The van der Waals surface area contributed by atoms with Gasteiger partial charge in [0.1, 0.15) is 23.3 Å². The number of aryl methyl sites for hydroxylation is 1. The van der Waals surface area contributed by atoms with Gasteiger partial charge in [0.2, 0.25) is 11.2 Å². The van der Waals surface area contributed by atoms with Gasteiger partial charge in [0.05, 0.1) is 12.0 Å². The van der Waals surface area contributed by atoms with Crippen molar-refractivity contribution in [2.24, 2.45) is 0 Å². The van der Waals surface area contributed by atoms with Crippen LogP contribution < -0.4 is 14.9 Å². The van der Waals surface area contributed by atoms with Crippen LogP contribution in [0.5, 0.6) is 17.2 Å². The predicted octanol–water partition coefficient (Wildman–Crippen LogP) is 5.07. The molecule has 3 aromatic rings. The van der Waals surface area contributed by atoms with Crippen LogP contribution in [-0.2, 0) is 0 Å². The summed E-state index contributed by atoms with van der Waals surface area (Å²) < 4.78 is 16.9. The van der Waals surface area contributed by atoms with Crippen molar-refractivity contribution in [3.8, 4) is 17.2 Å². The van der Waals surface area contributed by atoms with Gasteiger partial charge in [0, 0.05) is 6.07 Å². The Bertz CT molecular complexity index is 896. The van der Waals surface area contributed by atoms with Crippen LogP contribution >= 0.6 is 0 Å². The van der Waals surface area contributed by atoms with Gasteiger partial charge in [0.15, 0.2) is 0 Å². The van der Waals surface area contributed by atoms with Gasteiger partial charge in [-0.05, 0) is 43.2 Å². The summed E-state index contributed by atoms with van der Waals surface area (Å²) in [5.74, 6) is 1.49. The topological polar surface area (TPSA) is 48.7 Å². The summed E-state index contributed by atoms with van der Waals surface area (Å²) in [6.07, 6.45) is 3.41. The van der Waals surface area contributed by atoms with Crippen molar-refractivity contribution < 1.29 is 13.9 Å². The predicted molar refractivity (Wildman–Crippen MR) is 94.1 cm³/mol. The molecule has 0 N–H and O–H groups in total. The van der Waals surface area contributed by atoms with E-state index in [0.29, 0.717) is 29.1 Å². The summed E-state index contributed by atoms with van der Waals surface area (Å²) in [6.45, 7) is 4.73. The zero-order valence-corrected chi connectivity index (χ0v) is 13.9. The number of hydrogen-bond acceptors (Lipinski definition) is 4. The van der Waals surface area contributed by atoms with Gasteiger partial charge >= 0.3 is 0 Å². The van der Waals surface area contributed by atoms with Crippen molar-refractivity contribution in [2.75, 3.05) is 6.61 Å². The Morgan fingerprint density at radius 3 is 2.75 bits per heavy atom. The molecule has 0 aliphatic carbocycles. The average Bonchev–Trinajstić information content (AvgIpc) is 2.58. The largest absolute Gasteiger partial charge is 0.493 e. The van der Waals surface area contributed by atoms with Crippen LogP contribution in [0.3, 0.4) is 0 Å². The van der Waals surface area contributed by atoms with Gasteiger partial charge in [-0.1, -0.05) is 25.5 Å². The van der Waals surface area contributed by atoms with E-state index in [1.54, 1.807) is 24.3 Å². The van der Waals surface area contributed by atoms with E-state index in [1.807, 2.05) is 25.1 Å². The number of ether oxygens (including phenoxy) is 2.